The maximum atomic E-state index is 12.2. The van der Waals surface area contributed by atoms with Crippen molar-refractivity contribution in [2.75, 3.05) is 13.1 Å². The maximum Gasteiger partial charge on any atom is 0.273 e. The van der Waals surface area contributed by atoms with Gasteiger partial charge in [-0.05, 0) is 26.7 Å². The Labute approximate surface area is 123 Å². The maximum absolute atomic E-state index is 12.2. The van der Waals surface area contributed by atoms with E-state index >= 15 is 0 Å². The van der Waals surface area contributed by atoms with Crippen LogP contribution in [0.5, 0.6) is 0 Å². The minimum atomic E-state index is -0.267. The van der Waals surface area contributed by atoms with E-state index in [1.807, 2.05) is 11.2 Å². The summed E-state index contributed by atoms with van der Waals surface area (Å²) in [6.07, 6.45) is 3.23. The Morgan fingerprint density at radius 3 is 2.79 bits per heavy atom. The smallest absolute Gasteiger partial charge is 0.273 e. The van der Waals surface area contributed by atoms with Crippen LogP contribution in [0.25, 0.3) is 0 Å². The summed E-state index contributed by atoms with van der Waals surface area (Å²) in [4.78, 5) is 20.3. The molecule has 104 valence electrons. The van der Waals surface area contributed by atoms with E-state index in [2.05, 4.69) is 28.1 Å². The number of nitrogens with one attached hydrogen (secondary N) is 1. The van der Waals surface area contributed by atoms with Crippen LogP contribution in [0.4, 0.5) is 0 Å². The molecule has 1 saturated heterocycles. The van der Waals surface area contributed by atoms with Crippen molar-refractivity contribution in [3.63, 3.8) is 0 Å². The van der Waals surface area contributed by atoms with Gasteiger partial charge in [0.2, 0.25) is 0 Å². The summed E-state index contributed by atoms with van der Waals surface area (Å²) in [5, 5.41) is 3.15. The van der Waals surface area contributed by atoms with E-state index < -0.39 is 0 Å². The van der Waals surface area contributed by atoms with Crippen LogP contribution in [0.3, 0.4) is 0 Å². The Morgan fingerprint density at radius 1 is 1.53 bits per heavy atom. The van der Waals surface area contributed by atoms with E-state index in [4.69, 9.17) is 11.6 Å². The molecule has 1 fully saturated rings. The molecule has 1 N–H and O–H groups in total. The number of hydrogen-bond donors (Lipinski definition) is 2. The normalized spacial score (nSPS) is 19.2. The molecular weight excluding hydrogens is 284 g/mol. The van der Waals surface area contributed by atoms with Gasteiger partial charge in [0.1, 0.15) is 0 Å². The molecule has 0 saturated carbocycles. The molecule has 1 amide bonds. The van der Waals surface area contributed by atoms with Gasteiger partial charge in [0.15, 0.2) is 10.8 Å². The largest absolute Gasteiger partial charge is 0.345 e. The van der Waals surface area contributed by atoms with Crippen LogP contribution in [0.1, 0.15) is 35.9 Å². The summed E-state index contributed by atoms with van der Waals surface area (Å²) < 4.78 is 1.95. The van der Waals surface area contributed by atoms with Crippen molar-refractivity contribution >= 4 is 30.3 Å². The summed E-state index contributed by atoms with van der Waals surface area (Å²) in [5.41, 5.74) is 0.617. The molecular formula is C12H17ClN4OS. The fraction of sp³-hybridized carbons (Fsp3) is 0.583. The molecule has 2 heterocycles. The molecule has 19 heavy (non-hydrogen) atoms. The minimum Gasteiger partial charge on any atom is -0.345 e. The molecule has 2 rings (SSSR count). The quantitative estimate of drug-likeness (QED) is 0.819. The van der Waals surface area contributed by atoms with E-state index in [0.717, 1.165) is 25.9 Å². The van der Waals surface area contributed by atoms with Crippen LogP contribution in [-0.2, 0) is 0 Å². The fourth-order valence-corrected chi connectivity index (χ4v) is 2.43. The second kappa shape index (κ2) is 5.64. The predicted octanol–water partition coefficient (Wildman–Crippen LogP) is 1.87. The average molecular weight is 301 g/mol. The third-order valence-corrected chi connectivity index (χ3v) is 4.00. The van der Waals surface area contributed by atoms with Crippen molar-refractivity contribution in [3.05, 3.63) is 22.7 Å². The Bertz CT molecular complexity index is 489. The van der Waals surface area contributed by atoms with Gasteiger partial charge in [-0.15, -0.1) is 0 Å². The van der Waals surface area contributed by atoms with E-state index in [1.54, 1.807) is 13.1 Å². The highest BCUT2D eigenvalue weighted by molar-refractivity contribution is 7.77. The molecule has 0 bridgehead atoms. The van der Waals surface area contributed by atoms with Crippen molar-refractivity contribution in [2.24, 2.45) is 0 Å². The molecule has 0 spiro atoms. The average Bonchev–Trinajstić information content (AvgIpc) is 2.36. The van der Waals surface area contributed by atoms with Gasteiger partial charge in [0, 0.05) is 24.8 Å². The fourth-order valence-electron chi connectivity index (χ4n) is 2.05. The van der Waals surface area contributed by atoms with Crippen LogP contribution in [0.15, 0.2) is 6.20 Å². The first kappa shape index (κ1) is 14.6. The topological polar surface area (TPSA) is 58.1 Å². The summed E-state index contributed by atoms with van der Waals surface area (Å²) in [6, 6.07) is 0. The number of aryl methyl sites for hydroxylation is 1. The Balaban J connectivity index is 2.10. The first-order valence-corrected chi connectivity index (χ1v) is 6.93. The molecule has 1 aliphatic rings. The minimum absolute atomic E-state index is 0.137. The lowest BCUT2D eigenvalue weighted by Gasteiger charge is -2.37. The van der Waals surface area contributed by atoms with Crippen molar-refractivity contribution < 1.29 is 4.79 Å². The number of hydrogen-bond acceptors (Lipinski definition) is 5. The first-order valence-electron chi connectivity index (χ1n) is 6.15. The number of halogens is 1. The molecule has 0 unspecified atom stereocenters. The second-order valence-electron chi connectivity index (χ2n) is 5.12. The summed E-state index contributed by atoms with van der Waals surface area (Å²) in [5.74, 6) is -0.267. The van der Waals surface area contributed by atoms with Crippen molar-refractivity contribution in [3.8, 4) is 0 Å². The highest BCUT2D eigenvalue weighted by Crippen LogP contribution is 2.23. The van der Waals surface area contributed by atoms with Crippen LogP contribution in [-0.4, -0.2) is 38.8 Å². The molecule has 7 heteroatoms. The number of carbonyl (C=O) groups excluding carboxylic acids is 1. The standard InChI is InChI=1S/C12H17ClN4OS/c1-8-7-14-10(13)9(15-8)11(18)16-12(2)3-5-17(19)6-4-12/h7,19H,3-6H2,1-2H3,(H,16,18). The number of amides is 1. The van der Waals surface area contributed by atoms with Crippen LogP contribution in [0, 0.1) is 6.92 Å². The van der Waals surface area contributed by atoms with Gasteiger partial charge in [-0.25, -0.2) is 9.97 Å². The van der Waals surface area contributed by atoms with Gasteiger partial charge in [-0.1, -0.05) is 24.4 Å². The summed E-state index contributed by atoms with van der Waals surface area (Å²) in [6.45, 7) is 5.49. The van der Waals surface area contributed by atoms with Gasteiger partial charge in [0.05, 0.1) is 5.69 Å². The van der Waals surface area contributed by atoms with Crippen LogP contribution >= 0.6 is 24.4 Å². The van der Waals surface area contributed by atoms with Gasteiger partial charge >= 0.3 is 0 Å². The number of aromatic nitrogens is 2. The zero-order valence-electron chi connectivity index (χ0n) is 11.0. The van der Waals surface area contributed by atoms with Gasteiger partial charge in [-0.3, -0.25) is 9.10 Å². The van der Waals surface area contributed by atoms with Crippen molar-refractivity contribution in [1.29, 1.82) is 0 Å². The number of nitrogens with zero attached hydrogens (tertiary/aromatic N) is 3. The molecule has 0 radical (unpaired) electrons. The third-order valence-electron chi connectivity index (χ3n) is 3.32. The third kappa shape index (κ3) is 3.58. The van der Waals surface area contributed by atoms with E-state index in [0.29, 0.717) is 5.69 Å². The molecule has 1 aromatic heterocycles. The molecule has 0 aliphatic carbocycles. The van der Waals surface area contributed by atoms with Gasteiger partial charge in [0.25, 0.3) is 5.91 Å². The Hall–Kier alpha value is -0.850. The Morgan fingerprint density at radius 2 is 2.16 bits per heavy atom. The van der Waals surface area contributed by atoms with Crippen molar-refractivity contribution in [1.82, 2.24) is 19.6 Å². The monoisotopic (exact) mass is 300 g/mol. The van der Waals surface area contributed by atoms with Crippen LogP contribution < -0.4 is 5.32 Å². The van der Waals surface area contributed by atoms with E-state index in [-0.39, 0.29) is 22.3 Å². The highest BCUT2D eigenvalue weighted by Gasteiger charge is 2.31. The molecule has 5 nitrogen and oxygen atoms in total. The van der Waals surface area contributed by atoms with Gasteiger partial charge in [-0.2, -0.15) is 0 Å². The van der Waals surface area contributed by atoms with Crippen molar-refractivity contribution in [2.45, 2.75) is 32.2 Å². The lowest BCUT2D eigenvalue weighted by atomic mass is 9.90. The zero-order chi connectivity index (χ0) is 14.0. The van der Waals surface area contributed by atoms with E-state index in [1.165, 1.54) is 0 Å². The number of rotatable bonds is 2. The number of thiol groups is 1. The predicted molar refractivity (Wildman–Crippen MR) is 77.4 cm³/mol. The molecule has 0 atom stereocenters. The molecule has 0 aromatic carbocycles. The highest BCUT2D eigenvalue weighted by atomic mass is 35.5. The molecule has 1 aromatic rings. The molecule has 1 aliphatic heterocycles. The lowest BCUT2D eigenvalue weighted by molar-refractivity contribution is 0.0868. The summed E-state index contributed by atoms with van der Waals surface area (Å²) >= 11 is 10.2. The lowest BCUT2D eigenvalue weighted by Crippen LogP contribution is -2.52. The number of carbonyl (C=O) groups is 1. The second-order valence-corrected chi connectivity index (χ2v) is 6.04. The van der Waals surface area contributed by atoms with Crippen LogP contribution in [0.2, 0.25) is 5.15 Å². The zero-order valence-corrected chi connectivity index (χ0v) is 12.6. The Kier molecular flexibility index (Phi) is 4.32. The SMILES string of the molecule is Cc1cnc(Cl)c(C(=O)NC2(C)CCN(S)CC2)n1. The van der Waals surface area contributed by atoms with Gasteiger partial charge < -0.3 is 5.32 Å². The summed E-state index contributed by atoms with van der Waals surface area (Å²) in [7, 11) is 0. The number of piperidine rings is 1. The van der Waals surface area contributed by atoms with E-state index in [9.17, 15) is 4.79 Å². The first-order chi connectivity index (χ1) is 8.89.